The highest BCUT2D eigenvalue weighted by Gasteiger charge is 2.21. The molecule has 0 unspecified atom stereocenters. The molecule has 0 bridgehead atoms. The Kier molecular flexibility index (Phi) is 6.57. The minimum absolute atomic E-state index is 0.0641. The van der Waals surface area contributed by atoms with Gasteiger partial charge >= 0.3 is 6.03 Å². The lowest BCUT2D eigenvalue weighted by molar-refractivity contribution is 0.143. The van der Waals surface area contributed by atoms with E-state index in [2.05, 4.69) is 15.2 Å². The van der Waals surface area contributed by atoms with Crippen LogP contribution in [0.4, 0.5) is 10.5 Å². The lowest BCUT2D eigenvalue weighted by Gasteiger charge is -2.34. The van der Waals surface area contributed by atoms with Crippen molar-refractivity contribution in [3.05, 3.63) is 90.3 Å². The highest BCUT2D eigenvalue weighted by atomic mass is 16.5. The predicted octanol–water partition coefficient (Wildman–Crippen LogP) is 4.01. The monoisotopic (exact) mass is 402 g/mol. The summed E-state index contributed by atoms with van der Waals surface area (Å²) in [4.78, 5) is 21.1. The number of benzene rings is 2. The number of nitrogens with zero attached hydrogens (tertiary/aromatic N) is 3. The third kappa shape index (κ3) is 5.36. The first-order chi connectivity index (χ1) is 14.8. The SMILES string of the molecule is O=C(Nc1ccccc1COc1ccccc1)N1CCN(Cc2ccncc2)CC1. The van der Waals surface area contributed by atoms with E-state index >= 15 is 0 Å². The van der Waals surface area contributed by atoms with Crippen LogP contribution in [0.3, 0.4) is 0 Å². The zero-order valence-corrected chi connectivity index (χ0v) is 16.9. The largest absolute Gasteiger partial charge is 0.489 e. The smallest absolute Gasteiger partial charge is 0.321 e. The normalized spacial score (nSPS) is 14.3. The fourth-order valence-corrected chi connectivity index (χ4v) is 3.50. The van der Waals surface area contributed by atoms with E-state index in [1.165, 1.54) is 5.56 Å². The molecule has 1 saturated heterocycles. The second kappa shape index (κ2) is 9.89. The Hall–Kier alpha value is -3.38. The number of pyridine rings is 1. The van der Waals surface area contributed by atoms with Gasteiger partial charge in [0.15, 0.2) is 0 Å². The van der Waals surface area contributed by atoms with Gasteiger partial charge in [0.1, 0.15) is 12.4 Å². The van der Waals surface area contributed by atoms with Crippen LogP contribution in [0, 0.1) is 0 Å². The maximum absolute atomic E-state index is 12.8. The molecule has 1 aliphatic heterocycles. The molecule has 2 heterocycles. The molecule has 0 spiro atoms. The van der Waals surface area contributed by atoms with E-state index in [9.17, 15) is 4.79 Å². The van der Waals surface area contributed by atoms with Crippen LogP contribution in [-0.4, -0.2) is 47.0 Å². The second-order valence-corrected chi connectivity index (χ2v) is 7.31. The number of aromatic nitrogens is 1. The summed E-state index contributed by atoms with van der Waals surface area (Å²) in [6.07, 6.45) is 3.63. The first-order valence-electron chi connectivity index (χ1n) is 10.2. The molecule has 0 saturated carbocycles. The fraction of sp³-hybridized carbons (Fsp3) is 0.250. The number of urea groups is 1. The van der Waals surface area contributed by atoms with Crippen LogP contribution >= 0.6 is 0 Å². The Morgan fingerprint density at radius 3 is 2.37 bits per heavy atom. The number of hydrogen-bond acceptors (Lipinski definition) is 4. The van der Waals surface area contributed by atoms with Gasteiger partial charge < -0.3 is 15.0 Å². The van der Waals surface area contributed by atoms with E-state index in [1.807, 2.05) is 84.0 Å². The van der Waals surface area contributed by atoms with Gasteiger partial charge in [0.25, 0.3) is 0 Å². The van der Waals surface area contributed by atoms with Gasteiger partial charge in [0.05, 0.1) is 0 Å². The minimum atomic E-state index is -0.0641. The Morgan fingerprint density at radius 2 is 1.60 bits per heavy atom. The molecule has 0 aliphatic carbocycles. The molecule has 30 heavy (non-hydrogen) atoms. The van der Waals surface area contributed by atoms with Crippen molar-refractivity contribution >= 4 is 11.7 Å². The number of anilines is 1. The summed E-state index contributed by atoms with van der Waals surface area (Å²) in [6, 6.07) is 21.5. The average molecular weight is 402 g/mol. The number of hydrogen-bond donors (Lipinski definition) is 1. The summed E-state index contributed by atoms with van der Waals surface area (Å²) in [5.41, 5.74) is 2.99. The van der Waals surface area contributed by atoms with Gasteiger partial charge in [-0.1, -0.05) is 36.4 Å². The molecule has 4 rings (SSSR count). The number of piperazine rings is 1. The predicted molar refractivity (Wildman–Crippen MR) is 117 cm³/mol. The molecule has 3 aromatic rings. The van der Waals surface area contributed by atoms with Crippen molar-refractivity contribution in [3.63, 3.8) is 0 Å². The summed E-state index contributed by atoms with van der Waals surface area (Å²) < 4.78 is 5.85. The van der Waals surface area contributed by atoms with Crippen LogP contribution in [0.25, 0.3) is 0 Å². The van der Waals surface area contributed by atoms with Crippen molar-refractivity contribution in [3.8, 4) is 5.75 Å². The number of nitrogens with one attached hydrogen (secondary N) is 1. The number of carbonyl (C=O) groups is 1. The van der Waals surface area contributed by atoms with Crippen molar-refractivity contribution in [2.24, 2.45) is 0 Å². The average Bonchev–Trinajstić information content (AvgIpc) is 2.80. The van der Waals surface area contributed by atoms with Crippen LogP contribution < -0.4 is 10.1 Å². The van der Waals surface area contributed by atoms with Crippen LogP contribution in [0.5, 0.6) is 5.75 Å². The first kappa shape index (κ1) is 19.9. The number of amides is 2. The molecule has 0 atom stereocenters. The molecule has 1 aromatic heterocycles. The maximum Gasteiger partial charge on any atom is 0.321 e. The Morgan fingerprint density at radius 1 is 0.900 bits per heavy atom. The Bertz CT molecular complexity index is 942. The zero-order valence-electron chi connectivity index (χ0n) is 16.9. The van der Waals surface area contributed by atoms with E-state index in [0.717, 1.165) is 36.6 Å². The van der Waals surface area contributed by atoms with Gasteiger partial charge in [0, 0.05) is 56.4 Å². The third-order valence-corrected chi connectivity index (χ3v) is 5.21. The van der Waals surface area contributed by atoms with Gasteiger partial charge in [-0.3, -0.25) is 9.88 Å². The van der Waals surface area contributed by atoms with Gasteiger partial charge in [-0.2, -0.15) is 0 Å². The van der Waals surface area contributed by atoms with E-state index in [1.54, 1.807) is 0 Å². The highest BCUT2D eigenvalue weighted by molar-refractivity contribution is 5.90. The standard InChI is InChI=1S/C24H26N4O2/c29-24(28-16-14-27(15-17-28)18-20-10-12-25-13-11-20)26-23-9-5-4-6-21(23)19-30-22-7-2-1-3-8-22/h1-13H,14-19H2,(H,26,29). The number of rotatable bonds is 6. The van der Waals surface area contributed by atoms with Crippen LogP contribution in [0.1, 0.15) is 11.1 Å². The van der Waals surface area contributed by atoms with E-state index in [4.69, 9.17) is 4.74 Å². The molecule has 1 N–H and O–H groups in total. The lowest BCUT2D eigenvalue weighted by atomic mass is 10.2. The van der Waals surface area contributed by atoms with Crippen molar-refractivity contribution in [2.75, 3.05) is 31.5 Å². The molecular weight excluding hydrogens is 376 g/mol. The summed E-state index contributed by atoms with van der Waals surface area (Å²) in [6.45, 7) is 4.42. The second-order valence-electron chi connectivity index (χ2n) is 7.31. The topological polar surface area (TPSA) is 57.7 Å². The molecule has 1 fully saturated rings. The number of para-hydroxylation sites is 2. The molecule has 6 heteroatoms. The van der Waals surface area contributed by atoms with Crippen molar-refractivity contribution < 1.29 is 9.53 Å². The molecule has 6 nitrogen and oxygen atoms in total. The molecule has 2 aromatic carbocycles. The minimum Gasteiger partial charge on any atom is -0.489 e. The van der Waals surface area contributed by atoms with Crippen molar-refractivity contribution in [1.29, 1.82) is 0 Å². The number of ether oxygens (including phenoxy) is 1. The van der Waals surface area contributed by atoms with E-state index in [-0.39, 0.29) is 6.03 Å². The van der Waals surface area contributed by atoms with E-state index in [0.29, 0.717) is 19.7 Å². The Balaban J connectivity index is 1.30. The van der Waals surface area contributed by atoms with Crippen molar-refractivity contribution in [1.82, 2.24) is 14.8 Å². The lowest BCUT2D eigenvalue weighted by Crippen LogP contribution is -2.49. The number of carbonyl (C=O) groups excluding carboxylic acids is 1. The Labute approximate surface area is 177 Å². The van der Waals surface area contributed by atoms with Crippen LogP contribution in [0.2, 0.25) is 0 Å². The summed E-state index contributed by atoms with van der Waals surface area (Å²) in [5, 5.41) is 3.06. The van der Waals surface area contributed by atoms with Gasteiger partial charge in [0.2, 0.25) is 0 Å². The quantitative estimate of drug-likeness (QED) is 0.677. The summed E-state index contributed by atoms with van der Waals surface area (Å²) >= 11 is 0. The molecule has 0 radical (unpaired) electrons. The van der Waals surface area contributed by atoms with Gasteiger partial charge in [-0.15, -0.1) is 0 Å². The molecular formula is C24H26N4O2. The molecule has 2 amide bonds. The van der Waals surface area contributed by atoms with Crippen molar-refractivity contribution in [2.45, 2.75) is 13.2 Å². The first-order valence-corrected chi connectivity index (χ1v) is 10.2. The van der Waals surface area contributed by atoms with Gasteiger partial charge in [-0.25, -0.2) is 4.79 Å². The highest BCUT2D eigenvalue weighted by Crippen LogP contribution is 2.19. The third-order valence-electron chi connectivity index (χ3n) is 5.21. The van der Waals surface area contributed by atoms with Gasteiger partial charge in [-0.05, 0) is 35.9 Å². The zero-order chi connectivity index (χ0) is 20.6. The summed E-state index contributed by atoms with van der Waals surface area (Å²) in [5.74, 6) is 0.809. The summed E-state index contributed by atoms with van der Waals surface area (Å²) in [7, 11) is 0. The maximum atomic E-state index is 12.8. The van der Waals surface area contributed by atoms with Crippen LogP contribution in [-0.2, 0) is 13.2 Å². The van der Waals surface area contributed by atoms with E-state index < -0.39 is 0 Å². The fourth-order valence-electron chi connectivity index (χ4n) is 3.50. The van der Waals surface area contributed by atoms with Crippen LogP contribution in [0.15, 0.2) is 79.1 Å². The molecule has 1 aliphatic rings. The molecule has 154 valence electrons.